The van der Waals surface area contributed by atoms with Gasteiger partial charge in [0.15, 0.2) is 0 Å². The Labute approximate surface area is 111 Å². The van der Waals surface area contributed by atoms with Crippen LogP contribution < -0.4 is 0 Å². The van der Waals surface area contributed by atoms with E-state index in [9.17, 15) is 5.11 Å². The molecular formula is C15H21NOS. The van der Waals surface area contributed by atoms with Gasteiger partial charge in [-0.2, -0.15) is 0 Å². The van der Waals surface area contributed by atoms with Gasteiger partial charge in [-0.1, -0.05) is 30.3 Å². The zero-order valence-corrected chi connectivity index (χ0v) is 12.0. The van der Waals surface area contributed by atoms with Crippen molar-refractivity contribution in [3.8, 4) is 0 Å². The predicted octanol–water partition coefficient (Wildman–Crippen LogP) is 3.22. The third-order valence-electron chi connectivity index (χ3n) is 3.11. The van der Waals surface area contributed by atoms with Crippen molar-refractivity contribution in [3.05, 3.63) is 52.8 Å². The SMILES string of the molecule is CC(O)CS1(N(C)C)C=CC(c2ccccc2)=C1. The van der Waals surface area contributed by atoms with E-state index in [0.717, 1.165) is 5.75 Å². The molecule has 1 aromatic carbocycles. The van der Waals surface area contributed by atoms with Crippen LogP contribution in [0.25, 0.3) is 5.57 Å². The van der Waals surface area contributed by atoms with Crippen LogP contribution in [-0.2, 0) is 0 Å². The number of hydrogen-bond donors (Lipinski definition) is 1. The average Bonchev–Trinajstić information content (AvgIpc) is 2.75. The molecule has 0 fully saturated rings. The molecule has 1 aromatic rings. The lowest BCUT2D eigenvalue weighted by Crippen LogP contribution is -2.23. The largest absolute Gasteiger partial charge is 0.393 e. The number of allylic oxidation sites excluding steroid dienone is 2. The van der Waals surface area contributed by atoms with Crippen molar-refractivity contribution in [2.75, 3.05) is 19.8 Å². The summed E-state index contributed by atoms with van der Waals surface area (Å²) >= 11 is 0. The summed E-state index contributed by atoms with van der Waals surface area (Å²) in [4.78, 5) is 0. The molecule has 2 rings (SSSR count). The van der Waals surface area contributed by atoms with E-state index in [1.807, 2.05) is 13.0 Å². The summed E-state index contributed by atoms with van der Waals surface area (Å²) in [6, 6.07) is 10.4. The zero-order chi connectivity index (χ0) is 13.2. The lowest BCUT2D eigenvalue weighted by Gasteiger charge is -2.39. The van der Waals surface area contributed by atoms with Crippen LogP contribution in [0.4, 0.5) is 0 Å². The maximum Gasteiger partial charge on any atom is 0.0605 e. The topological polar surface area (TPSA) is 23.5 Å². The second-order valence-electron chi connectivity index (χ2n) is 4.88. The summed E-state index contributed by atoms with van der Waals surface area (Å²) in [7, 11) is 3.05. The van der Waals surface area contributed by atoms with Gasteiger partial charge < -0.3 is 5.11 Å². The maximum atomic E-state index is 9.71. The predicted molar refractivity (Wildman–Crippen MR) is 81.4 cm³/mol. The van der Waals surface area contributed by atoms with E-state index in [1.54, 1.807) is 0 Å². The molecule has 2 nitrogen and oxygen atoms in total. The van der Waals surface area contributed by atoms with Crippen molar-refractivity contribution >= 4 is 15.8 Å². The van der Waals surface area contributed by atoms with Crippen LogP contribution in [0, 0.1) is 0 Å². The normalized spacial score (nSPS) is 27.9. The van der Waals surface area contributed by atoms with Crippen molar-refractivity contribution in [2.45, 2.75) is 13.0 Å². The Morgan fingerprint density at radius 1 is 1.22 bits per heavy atom. The van der Waals surface area contributed by atoms with Crippen LogP contribution >= 0.6 is 10.2 Å². The Hall–Kier alpha value is -1.03. The van der Waals surface area contributed by atoms with Gasteiger partial charge in [0, 0.05) is 5.75 Å². The summed E-state index contributed by atoms with van der Waals surface area (Å²) < 4.78 is 2.24. The molecule has 1 N–H and O–H groups in total. The highest BCUT2D eigenvalue weighted by atomic mass is 32.3. The van der Waals surface area contributed by atoms with E-state index in [4.69, 9.17) is 0 Å². The van der Waals surface area contributed by atoms with Gasteiger partial charge in [0.05, 0.1) is 6.10 Å². The molecule has 1 aliphatic rings. The fraction of sp³-hybridized carbons (Fsp3) is 0.333. The minimum Gasteiger partial charge on any atom is -0.393 e. The van der Waals surface area contributed by atoms with Gasteiger partial charge >= 0.3 is 0 Å². The number of hydrogen-bond acceptors (Lipinski definition) is 2. The number of rotatable bonds is 4. The van der Waals surface area contributed by atoms with E-state index < -0.39 is 10.2 Å². The van der Waals surface area contributed by atoms with Crippen molar-refractivity contribution in [1.82, 2.24) is 4.31 Å². The van der Waals surface area contributed by atoms with Crippen LogP contribution in [0.2, 0.25) is 0 Å². The van der Waals surface area contributed by atoms with E-state index in [2.05, 4.69) is 59.6 Å². The molecule has 0 aliphatic carbocycles. The maximum absolute atomic E-state index is 9.71. The smallest absolute Gasteiger partial charge is 0.0605 e. The summed E-state index contributed by atoms with van der Waals surface area (Å²) in [5.41, 5.74) is 2.51. The van der Waals surface area contributed by atoms with Gasteiger partial charge in [0.2, 0.25) is 0 Å². The first-order valence-corrected chi connectivity index (χ1v) is 8.04. The van der Waals surface area contributed by atoms with E-state index in [1.165, 1.54) is 11.1 Å². The molecule has 0 spiro atoms. The summed E-state index contributed by atoms with van der Waals surface area (Å²) in [6.07, 6.45) is 1.91. The van der Waals surface area contributed by atoms with Gasteiger partial charge in [0.1, 0.15) is 0 Å². The van der Waals surface area contributed by atoms with Gasteiger partial charge in [0.25, 0.3) is 0 Å². The van der Waals surface area contributed by atoms with Crippen LogP contribution in [0.1, 0.15) is 12.5 Å². The molecule has 0 saturated carbocycles. The second-order valence-corrected chi connectivity index (χ2v) is 8.07. The molecule has 18 heavy (non-hydrogen) atoms. The van der Waals surface area contributed by atoms with Crippen LogP contribution in [0.3, 0.4) is 0 Å². The van der Waals surface area contributed by atoms with Crippen LogP contribution in [0.15, 0.2) is 47.2 Å². The third kappa shape index (κ3) is 2.69. The molecule has 1 aliphatic heterocycles. The van der Waals surface area contributed by atoms with Gasteiger partial charge in [-0.25, -0.2) is 0 Å². The molecule has 3 heteroatoms. The Balaban J connectivity index is 2.32. The number of benzene rings is 1. The molecule has 98 valence electrons. The van der Waals surface area contributed by atoms with Crippen LogP contribution in [0.5, 0.6) is 0 Å². The first kappa shape index (κ1) is 13.4. The van der Waals surface area contributed by atoms with Crippen LogP contribution in [-0.4, -0.2) is 35.4 Å². The lowest BCUT2D eigenvalue weighted by molar-refractivity contribution is 0.219. The fourth-order valence-electron chi connectivity index (χ4n) is 2.15. The highest BCUT2D eigenvalue weighted by Gasteiger charge is 2.27. The molecule has 1 heterocycles. The molecular weight excluding hydrogens is 242 g/mol. The Morgan fingerprint density at radius 2 is 1.89 bits per heavy atom. The molecule has 0 aromatic heterocycles. The van der Waals surface area contributed by atoms with Crippen molar-refractivity contribution in [1.29, 1.82) is 0 Å². The molecule has 0 bridgehead atoms. The van der Waals surface area contributed by atoms with E-state index >= 15 is 0 Å². The standard InChI is InChI=1S/C15H21NOS/c1-13(17)11-18(16(2)3)10-9-15(12-18)14-7-5-4-6-8-14/h4-10,12-13,17H,11H2,1-3H3. The minimum atomic E-state index is -1.13. The van der Waals surface area contributed by atoms with E-state index in [-0.39, 0.29) is 6.10 Å². The minimum absolute atomic E-state index is 0.279. The molecule has 0 saturated heterocycles. The first-order chi connectivity index (χ1) is 8.53. The second kappa shape index (κ2) is 5.31. The lowest BCUT2D eigenvalue weighted by atomic mass is 10.1. The number of aliphatic hydroxyl groups excluding tert-OH is 1. The third-order valence-corrected chi connectivity index (χ3v) is 6.75. The van der Waals surface area contributed by atoms with Gasteiger partial charge in [-0.3, -0.25) is 4.31 Å². The quantitative estimate of drug-likeness (QED) is 0.901. The zero-order valence-electron chi connectivity index (χ0n) is 11.2. The molecule has 0 amide bonds. The average molecular weight is 263 g/mol. The monoisotopic (exact) mass is 263 g/mol. The van der Waals surface area contributed by atoms with Crippen molar-refractivity contribution < 1.29 is 5.11 Å². The van der Waals surface area contributed by atoms with Gasteiger partial charge in [-0.15, -0.1) is 10.2 Å². The highest BCUT2D eigenvalue weighted by Crippen LogP contribution is 2.58. The molecule has 2 unspecified atom stereocenters. The Morgan fingerprint density at radius 3 is 2.44 bits per heavy atom. The van der Waals surface area contributed by atoms with E-state index in [0.29, 0.717) is 0 Å². The fourth-order valence-corrected chi connectivity index (χ4v) is 5.00. The van der Waals surface area contributed by atoms with Crippen molar-refractivity contribution in [3.63, 3.8) is 0 Å². The number of nitrogens with zero attached hydrogens (tertiary/aromatic N) is 1. The first-order valence-electron chi connectivity index (χ1n) is 6.15. The Bertz CT molecular complexity index is 465. The summed E-state index contributed by atoms with van der Waals surface area (Å²) in [6.45, 7) is 1.86. The summed E-state index contributed by atoms with van der Waals surface area (Å²) in [5, 5.41) is 14.3. The highest BCUT2D eigenvalue weighted by molar-refractivity contribution is 8.36. The number of aliphatic hydroxyl groups is 1. The van der Waals surface area contributed by atoms with Crippen molar-refractivity contribution in [2.24, 2.45) is 0 Å². The molecule has 0 radical (unpaired) electrons. The molecule has 2 atom stereocenters. The summed E-state index contributed by atoms with van der Waals surface area (Å²) in [5.74, 6) is 0.798. The Kier molecular flexibility index (Phi) is 3.95. The van der Waals surface area contributed by atoms with Gasteiger partial charge in [-0.05, 0) is 49.0 Å².